The van der Waals surface area contributed by atoms with Gasteiger partial charge in [0.2, 0.25) is 5.91 Å². The van der Waals surface area contributed by atoms with Crippen LogP contribution in [0.25, 0.3) is 0 Å². The number of anilines is 1. The Balaban J connectivity index is 0.00000192. The molecule has 1 aromatic rings. The average Bonchev–Trinajstić information content (AvgIpc) is 2.64. The Morgan fingerprint density at radius 1 is 1.57 bits per heavy atom. The number of thioether (sulfide) groups is 1. The number of fused-ring (bicyclic) bond motifs is 3. The predicted octanol–water partition coefficient (Wildman–Crippen LogP) is 2.03. The molecule has 126 valence electrons. The summed E-state index contributed by atoms with van der Waals surface area (Å²) in [6.45, 7) is 2.00. The van der Waals surface area contributed by atoms with Crippen LogP contribution in [0, 0.1) is 0 Å². The molecule has 3 rings (SSSR count). The Morgan fingerprint density at radius 2 is 2.30 bits per heavy atom. The fraction of sp³-hybridized carbons (Fsp3) is 0.467. The van der Waals surface area contributed by atoms with Gasteiger partial charge in [0, 0.05) is 32.3 Å². The molecule has 0 spiro atoms. The summed E-state index contributed by atoms with van der Waals surface area (Å²) in [6, 6.07) is 5.35. The maximum Gasteiger partial charge on any atom is 0.221 e. The van der Waals surface area contributed by atoms with E-state index in [0.717, 1.165) is 5.17 Å². The lowest BCUT2D eigenvalue weighted by Gasteiger charge is -2.34. The summed E-state index contributed by atoms with van der Waals surface area (Å²) in [6.07, 6.45) is 0.717. The van der Waals surface area contributed by atoms with Crippen molar-refractivity contribution in [2.75, 3.05) is 26.0 Å². The smallest absolute Gasteiger partial charge is 0.221 e. The van der Waals surface area contributed by atoms with E-state index in [1.165, 1.54) is 6.92 Å². The second-order valence-electron chi connectivity index (χ2n) is 5.43. The molecule has 2 atom stereocenters. The van der Waals surface area contributed by atoms with E-state index in [2.05, 4.69) is 10.3 Å². The minimum absolute atomic E-state index is 0. The fourth-order valence-electron chi connectivity index (χ4n) is 2.97. The number of rotatable bonds is 1. The Kier molecular flexibility index (Phi) is 5.13. The van der Waals surface area contributed by atoms with Gasteiger partial charge in [-0.15, -0.1) is 12.4 Å². The third-order valence-corrected chi connectivity index (χ3v) is 5.54. The fourth-order valence-corrected chi connectivity index (χ4v) is 4.29. The normalized spacial score (nSPS) is 27.4. The maximum absolute atomic E-state index is 11.4. The number of hydrogen-bond donors (Lipinski definition) is 2. The van der Waals surface area contributed by atoms with Gasteiger partial charge in [-0.3, -0.25) is 9.79 Å². The number of halogens is 1. The lowest BCUT2D eigenvalue weighted by Crippen LogP contribution is -2.46. The van der Waals surface area contributed by atoms with Crippen LogP contribution in [0.5, 0.6) is 5.75 Å². The van der Waals surface area contributed by atoms with E-state index in [1.807, 2.05) is 7.05 Å². The van der Waals surface area contributed by atoms with Gasteiger partial charge in [0.15, 0.2) is 10.9 Å². The van der Waals surface area contributed by atoms with E-state index in [0.29, 0.717) is 30.0 Å². The highest BCUT2D eigenvalue weighted by Crippen LogP contribution is 2.50. The molecule has 1 fully saturated rings. The summed E-state index contributed by atoms with van der Waals surface area (Å²) in [5.41, 5.74) is 0.110. The van der Waals surface area contributed by atoms with Crippen molar-refractivity contribution >= 4 is 40.9 Å². The molecule has 1 amide bonds. The summed E-state index contributed by atoms with van der Waals surface area (Å²) < 4.78 is 5.77. The molecule has 0 radical (unpaired) electrons. The molecule has 2 heterocycles. The van der Waals surface area contributed by atoms with Crippen molar-refractivity contribution in [3.05, 3.63) is 23.8 Å². The SMILES string of the molecule is C/N=C1\SC2CCOc3ccc(NC(C)=O)cc3C2(O)N1C.Cl. The zero-order valence-electron chi connectivity index (χ0n) is 13.2. The number of nitrogens with zero attached hydrogens (tertiary/aromatic N) is 2. The highest BCUT2D eigenvalue weighted by atomic mass is 35.5. The van der Waals surface area contributed by atoms with Crippen LogP contribution in [0.4, 0.5) is 5.69 Å². The third kappa shape index (κ3) is 2.88. The summed E-state index contributed by atoms with van der Waals surface area (Å²) in [5.74, 6) is 0.492. The van der Waals surface area contributed by atoms with Gasteiger partial charge < -0.3 is 20.1 Å². The summed E-state index contributed by atoms with van der Waals surface area (Å²) >= 11 is 1.56. The number of nitrogens with one attached hydrogen (secondary N) is 1. The molecule has 8 heteroatoms. The number of carbonyl (C=O) groups excluding carboxylic acids is 1. The van der Waals surface area contributed by atoms with Crippen molar-refractivity contribution < 1.29 is 14.6 Å². The summed E-state index contributed by atoms with van der Waals surface area (Å²) in [4.78, 5) is 17.3. The molecule has 0 bridgehead atoms. The average molecular weight is 358 g/mol. The van der Waals surface area contributed by atoms with Gasteiger partial charge in [-0.05, 0) is 24.6 Å². The van der Waals surface area contributed by atoms with Gasteiger partial charge in [0.25, 0.3) is 0 Å². The number of aliphatic imine (C=N–C) groups is 1. The second kappa shape index (κ2) is 6.59. The van der Waals surface area contributed by atoms with Crippen molar-refractivity contribution in [2.24, 2.45) is 4.99 Å². The van der Waals surface area contributed by atoms with Crippen LogP contribution in [0.3, 0.4) is 0 Å². The third-order valence-electron chi connectivity index (χ3n) is 4.02. The van der Waals surface area contributed by atoms with E-state index < -0.39 is 5.72 Å². The number of ether oxygens (including phenoxy) is 1. The van der Waals surface area contributed by atoms with E-state index in [4.69, 9.17) is 4.74 Å². The van der Waals surface area contributed by atoms with Gasteiger partial charge >= 0.3 is 0 Å². The lowest BCUT2D eigenvalue weighted by atomic mass is 9.95. The zero-order chi connectivity index (χ0) is 15.9. The molecule has 1 saturated heterocycles. The van der Waals surface area contributed by atoms with Crippen LogP contribution in [-0.4, -0.2) is 47.0 Å². The van der Waals surface area contributed by atoms with Gasteiger partial charge in [-0.2, -0.15) is 0 Å². The highest BCUT2D eigenvalue weighted by Gasteiger charge is 2.53. The lowest BCUT2D eigenvalue weighted by molar-refractivity contribution is -0.114. The minimum Gasteiger partial charge on any atom is -0.493 e. The Hall–Kier alpha value is -1.44. The zero-order valence-corrected chi connectivity index (χ0v) is 14.8. The molecule has 2 N–H and O–H groups in total. The van der Waals surface area contributed by atoms with E-state index in [9.17, 15) is 9.90 Å². The molecular weight excluding hydrogens is 338 g/mol. The van der Waals surface area contributed by atoms with Crippen LogP contribution >= 0.6 is 24.2 Å². The van der Waals surface area contributed by atoms with E-state index in [1.54, 1.807) is 41.9 Å². The van der Waals surface area contributed by atoms with Crippen LogP contribution in [-0.2, 0) is 10.5 Å². The first-order valence-corrected chi connectivity index (χ1v) is 7.99. The first-order chi connectivity index (χ1) is 10.5. The molecule has 2 unspecified atom stereocenters. The quantitative estimate of drug-likeness (QED) is 0.804. The number of amidine groups is 1. The first kappa shape index (κ1) is 17.9. The number of aliphatic hydroxyl groups is 1. The number of hydrogen-bond acceptors (Lipinski definition) is 5. The highest BCUT2D eigenvalue weighted by molar-refractivity contribution is 8.14. The van der Waals surface area contributed by atoms with Gasteiger partial charge in [0.1, 0.15) is 5.75 Å². The van der Waals surface area contributed by atoms with Crippen LogP contribution in [0.2, 0.25) is 0 Å². The molecule has 0 aromatic heterocycles. The minimum atomic E-state index is -1.19. The van der Waals surface area contributed by atoms with Crippen LogP contribution in [0.1, 0.15) is 18.9 Å². The van der Waals surface area contributed by atoms with E-state index >= 15 is 0 Å². The standard InChI is InChI=1S/C15H19N3O3S.ClH/c1-9(19)17-10-4-5-12-11(8-10)15(20)13(6-7-21-12)22-14(16-2)18(15)3;/h4-5,8,13,20H,6-7H2,1-3H3,(H,17,19);1H/b16-14-;. The van der Waals surface area contributed by atoms with Crippen molar-refractivity contribution in [2.45, 2.75) is 24.3 Å². The molecule has 23 heavy (non-hydrogen) atoms. The Labute approximate surface area is 145 Å². The number of amides is 1. The summed E-state index contributed by atoms with van der Waals surface area (Å²) in [5, 5.41) is 14.9. The topological polar surface area (TPSA) is 74.2 Å². The number of benzene rings is 1. The Bertz CT molecular complexity index is 655. The largest absolute Gasteiger partial charge is 0.493 e. The molecule has 1 aromatic carbocycles. The number of carbonyl (C=O) groups is 1. The molecule has 6 nitrogen and oxygen atoms in total. The monoisotopic (exact) mass is 357 g/mol. The molecule has 2 aliphatic rings. The molecule has 0 aliphatic carbocycles. The molecular formula is C15H20ClN3O3S. The van der Waals surface area contributed by atoms with E-state index in [-0.39, 0.29) is 23.6 Å². The summed E-state index contributed by atoms with van der Waals surface area (Å²) in [7, 11) is 3.55. The van der Waals surface area contributed by atoms with Crippen molar-refractivity contribution in [3.63, 3.8) is 0 Å². The maximum atomic E-state index is 11.4. The van der Waals surface area contributed by atoms with Crippen LogP contribution < -0.4 is 10.1 Å². The van der Waals surface area contributed by atoms with Gasteiger partial charge in [-0.25, -0.2) is 0 Å². The van der Waals surface area contributed by atoms with Crippen LogP contribution in [0.15, 0.2) is 23.2 Å². The first-order valence-electron chi connectivity index (χ1n) is 7.11. The molecule has 0 saturated carbocycles. The van der Waals surface area contributed by atoms with Gasteiger partial charge in [-0.1, -0.05) is 11.8 Å². The van der Waals surface area contributed by atoms with Crippen molar-refractivity contribution in [1.82, 2.24) is 4.90 Å². The molecule has 2 aliphatic heterocycles. The van der Waals surface area contributed by atoms with Crippen molar-refractivity contribution in [1.29, 1.82) is 0 Å². The van der Waals surface area contributed by atoms with Crippen molar-refractivity contribution in [3.8, 4) is 5.75 Å². The second-order valence-corrected chi connectivity index (χ2v) is 6.60. The predicted molar refractivity (Wildman–Crippen MR) is 94.5 cm³/mol. The van der Waals surface area contributed by atoms with Gasteiger partial charge in [0.05, 0.1) is 11.9 Å². The Morgan fingerprint density at radius 3 is 2.96 bits per heavy atom.